The minimum atomic E-state index is -0.0683. The first-order valence-electron chi connectivity index (χ1n) is 2.23. The molecule has 1 rings (SSSR count). The van der Waals surface area contributed by atoms with Gasteiger partial charge in [0.2, 0.25) is 0 Å². The van der Waals surface area contributed by atoms with Crippen molar-refractivity contribution in [3.63, 3.8) is 0 Å². The first-order chi connectivity index (χ1) is 3.79. The second kappa shape index (κ2) is 1.86. The SMILES string of the molecule is [B]c1cc(=O)cc[nH]1. The van der Waals surface area contributed by atoms with Gasteiger partial charge in [0.1, 0.15) is 7.85 Å². The Morgan fingerprint density at radius 1 is 1.62 bits per heavy atom. The zero-order chi connectivity index (χ0) is 5.98. The van der Waals surface area contributed by atoms with E-state index in [9.17, 15) is 4.79 Å². The number of hydrogen-bond acceptors (Lipinski definition) is 1. The van der Waals surface area contributed by atoms with Gasteiger partial charge in [0, 0.05) is 12.3 Å². The Morgan fingerprint density at radius 3 is 2.75 bits per heavy atom. The molecule has 0 unspecified atom stereocenters. The number of nitrogens with one attached hydrogen (secondary N) is 1. The molecule has 0 spiro atoms. The predicted octanol–water partition coefficient (Wildman–Crippen LogP) is -0.831. The Morgan fingerprint density at radius 2 is 2.38 bits per heavy atom. The van der Waals surface area contributed by atoms with Gasteiger partial charge in [0.05, 0.1) is 0 Å². The van der Waals surface area contributed by atoms with Crippen molar-refractivity contribution in [2.75, 3.05) is 0 Å². The standard InChI is InChI=1S/C5H4BNO/c6-5-3-4(8)1-2-7-5/h1-3H,(H,7,8). The van der Waals surface area contributed by atoms with E-state index in [2.05, 4.69) is 4.98 Å². The maximum absolute atomic E-state index is 10.4. The summed E-state index contributed by atoms with van der Waals surface area (Å²) >= 11 is 0. The number of rotatable bonds is 0. The summed E-state index contributed by atoms with van der Waals surface area (Å²) < 4.78 is 0. The molecule has 2 nitrogen and oxygen atoms in total. The molecule has 3 heteroatoms. The molecule has 0 saturated carbocycles. The molecule has 1 aromatic heterocycles. The molecular formula is C5H4BNO. The van der Waals surface area contributed by atoms with Gasteiger partial charge in [-0.2, -0.15) is 0 Å². The van der Waals surface area contributed by atoms with Gasteiger partial charge in [-0.1, -0.05) is 0 Å². The highest BCUT2D eigenvalue weighted by molar-refractivity contribution is 6.30. The highest BCUT2D eigenvalue weighted by atomic mass is 16.1. The highest BCUT2D eigenvalue weighted by Crippen LogP contribution is 1.60. The van der Waals surface area contributed by atoms with E-state index in [1.54, 1.807) is 0 Å². The molecule has 0 aromatic carbocycles. The van der Waals surface area contributed by atoms with Crippen LogP contribution in [0.1, 0.15) is 0 Å². The fourth-order valence-electron chi connectivity index (χ4n) is 0.463. The summed E-state index contributed by atoms with van der Waals surface area (Å²) in [7, 11) is 5.20. The number of aromatic amines is 1. The second-order valence-electron chi connectivity index (χ2n) is 1.48. The van der Waals surface area contributed by atoms with Gasteiger partial charge in [-0.05, 0) is 11.7 Å². The van der Waals surface area contributed by atoms with Gasteiger partial charge >= 0.3 is 0 Å². The van der Waals surface area contributed by atoms with E-state index < -0.39 is 0 Å². The van der Waals surface area contributed by atoms with E-state index in [0.717, 1.165) is 0 Å². The van der Waals surface area contributed by atoms with Crippen LogP contribution in [0.2, 0.25) is 0 Å². The van der Waals surface area contributed by atoms with Crippen LogP contribution in [0.5, 0.6) is 0 Å². The van der Waals surface area contributed by atoms with Crippen LogP contribution in [-0.2, 0) is 0 Å². The van der Waals surface area contributed by atoms with Crippen molar-refractivity contribution >= 4 is 13.4 Å². The van der Waals surface area contributed by atoms with Crippen molar-refractivity contribution in [2.24, 2.45) is 0 Å². The zero-order valence-corrected chi connectivity index (χ0v) is 4.22. The normalized spacial score (nSPS) is 9.00. The summed E-state index contributed by atoms with van der Waals surface area (Å²) in [6.07, 6.45) is 1.51. The average Bonchev–Trinajstić information content (AvgIpc) is 1.64. The molecule has 1 N–H and O–H groups in total. The third kappa shape index (κ3) is 0.995. The maximum Gasteiger partial charge on any atom is 0.180 e. The van der Waals surface area contributed by atoms with E-state index in [1.165, 1.54) is 18.3 Å². The maximum atomic E-state index is 10.4. The van der Waals surface area contributed by atoms with Gasteiger partial charge in [-0.15, -0.1) is 0 Å². The summed E-state index contributed by atoms with van der Waals surface area (Å²) in [5, 5.41) is 0. The van der Waals surface area contributed by atoms with Crippen molar-refractivity contribution in [1.82, 2.24) is 4.98 Å². The van der Waals surface area contributed by atoms with Crippen LogP contribution in [-0.4, -0.2) is 12.8 Å². The number of pyridine rings is 1. The summed E-state index contributed by atoms with van der Waals surface area (Å²) in [4.78, 5) is 13.0. The first-order valence-corrected chi connectivity index (χ1v) is 2.23. The van der Waals surface area contributed by atoms with Crippen LogP contribution in [0.15, 0.2) is 23.1 Å². The van der Waals surface area contributed by atoms with Gasteiger partial charge in [-0.3, -0.25) is 4.79 Å². The van der Waals surface area contributed by atoms with Crippen molar-refractivity contribution in [3.8, 4) is 0 Å². The Hall–Kier alpha value is -0.985. The molecule has 1 heterocycles. The molecule has 0 aliphatic heterocycles. The molecule has 0 atom stereocenters. The third-order valence-electron chi connectivity index (χ3n) is 0.795. The molecule has 0 fully saturated rings. The predicted molar refractivity (Wildman–Crippen MR) is 32.5 cm³/mol. The van der Waals surface area contributed by atoms with Crippen molar-refractivity contribution in [2.45, 2.75) is 0 Å². The average molecular weight is 105 g/mol. The largest absolute Gasteiger partial charge is 0.374 e. The summed E-state index contributed by atoms with van der Waals surface area (Å²) in [6.45, 7) is 0. The lowest BCUT2D eigenvalue weighted by atomic mass is 10.0. The van der Waals surface area contributed by atoms with E-state index in [0.29, 0.717) is 5.59 Å². The lowest BCUT2D eigenvalue weighted by Gasteiger charge is -1.85. The third-order valence-corrected chi connectivity index (χ3v) is 0.795. The van der Waals surface area contributed by atoms with Crippen molar-refractivity contribution in [3.05, 3.63) is 28.6 Å². The highest BCUT2D eigenvalue weighted by Gasteiger charge is 1.79. The Kier molecular flexibility index (Phi) is 1.20. The van der Waals surface area contributed by atoms with Gasteiger partial charge in [0.25, 0.3) is 0 Å². The number of H-pyrrole nitrogens is 1. The number of hydrogen-bond donors (Lipinski definition) is 1. The molecular weight excluding hydrogens is 101 g/mol. The minimum absolute atomic E-state index is 0.0683. The smallest absolute Gasteiger partial charge is 0.180 e. The van der Waals surface area contributed by atoms with Crippen LogP contribution in [0.25, 0.3) is 0 Å². The van der Waals surface area contributed by atoms with E-state index in [1.807, 2.05) is 0 Å². The molecule has 2 radical (unpaired) electrons. The zero-order valence-electron chi connectivity index (χ0n) is 4.22. The molecule has 8 heavy (non-hydrogen) atoms. The van der Waals surface area contributed by atoms with Gasteiger partial charge < -0.3 is 4.98 Å². The lowest BCUT2D eigenvalue weighted by Crippen LogP contribution is -2.13. The Balaban J connectivity index is 3.28. The van der Waals surface area contributed by atoms with Crippen LogP contribution in [0, 0.1) is 0 Å². The van der Waals surface area contributed by atoms with Crippen LogP contribution >= 0.6 is 0 Å². The minimum Gasteiger partial charge on any atom is -0.374 e. The van der Waals surface area contributed by atoms with Gasteiger partial charge in [0.15, 0.2) is 5.43 Å². The summed E-state index contributed by atoms with van der Waals surface area (Å²) in [5.74, 6) is 0. The fourth-order valence-corrected chi connectivity index (χ4v) is 0.463. The molecule has 0 saturated heterocycles. The Labute approximate surface area is 48.0 Å². The lowest BCUT2D eigenvalue weighted by molar-refractivity contribution is 1.36. The molecule has 38 valence electrons. The quantitative estimate of drug-likeness (QED) is 0.429. The van der Waals surface area contributed by atoms with Crippen LogP contribution in [0.4, 0.5) is 0 Å². The molecule has 0 aliphatic rings. The topological polar surface area (TPSA) is 32.9 Å². The molecule has 1 aromatic rings. The molecule has 0 bridgehead atoms. The van der Waals surface area contributed by atoms with Crippen LogP contribution in [0.3, 0.4) is 0 Å². The van der Waals surface area contributed by atoms with Crippen LogP contribution < -0.4 is 11.0 Å². The van der Waals surface area contributed by atoms with Gasteiger partial charge in [-0.25, -0.2) is 0 Å². The van der Waals surface area contributed by atoms with E-state index in [4.69, 9.17) is 7.85 Å². The number of aromatic nitrogens is 1. The fraction of sp³-hybridized carbons (Fsp3) is 0. The summed E-state index contributed by atoms with van der Waals surface area (Å²) in [5.41, 5.74) is 0.332. The molecule has 0 amide bonds. The Bertz CT molecular complexity index is 230. The van der Waals surface area contributed by atoms with Crippen molar-refractivity contribution < 1.29 is 0 Å². The second-order valence-corrected chi connectivity index (χ2v) is 1.48. The monoisotopic (exact) mass is 105 g/mol. The first kappa shape index (κ1) is 5.16. The summed E-state index contributed by atoms with van der Waals surface area (Å²) in [6, 6.07) is 2.75. The molecule has 0 aliphatic carbocycles. The van der Waals surface area contributed by atoms with Crippen molar-refractivity contribution in [1.29, 1.82) is 0 Å². The van der Waals surface area contributed by atoms with E-state index in [-0.39, 0.29) is 5.43 Å². The van der Waals surface area contributed by atoms with E-state index >= 15 is 0 Å².